The molecule has 1 aromatic heterocycles. The van der Waals surface area contributed by atoms with Gasteiger partial charge in [-0.25, -0.2) is 9.78 Å². The molecule has 0 spiro atoms. The fourth-order valence-electron chi connectivity index (χ4n) is 2.03. The summed E-state index contributed by atoms with van der Waals surface area (Å²) >= 11 is 3.25. The molecule has 0 aliphatic rings. The van der Waals surface area contributed by atoms with E-state index in [0.29, 0.717) is 4.60 Å². The number of halogens is 1. The number of hydrogen-bond donors (Lipinski definition) is 0. The van der Waals surface area contributed by atoms with Gasteiger partial charge in [0.05, 0.1) is 14.2 Å². The number of pyridine rings is 1. The van der Waals surface area contributed by atoms with Gasteiger partial charge in [-0.05, 0) is 43.6 Å². The fourth-order valence-corrected chi connectivity index (χ4v) is 2.39. The number of ether oxygens (including phenoxy) is 3. The first kappa shape index (κ1) is 17.6. The van der Waals surface area contributed by atoms with Crippen LogP contribution in [0.25, 0.3) is 0 Å². The highest BCUT2D eigenvalue weighted by atomic mass is 79.9. The molecular formula is C14H21BrN2O4. The molecule has 0 saturated carbocycles. The Morgan fingerprint density at radius 3 is 2.19 bits per heavy atom. The smallest absolute Gasteiger partial charge is 0.415 e. The van der Waals surface area contributed by atoms with Crippen molar-refractivity contribution in [2.45, 2.75) is 39.8 Å². The van der Waals surface area contributed by atoms with E-state index in [2.05, 4.69) is 20.9 Å². The number of aromatic nitrogens is 1. The molecule has 0 aromatic carbocycles. The summed E-state index contributed by atoms with van der Waals surface area (Å²) in [7, 11) is 2.94. The summed E-state index contributed by atoms with van der Waals surface area (Å²) < 4.78 is 16.3. The van der Waals surface area contributed by atoms with Crippen LogP contribution in [0.4, 0.5) is 4.79 Å². The van der Waals surface area contributed by atoms with Crippen molar-refractivity contribution in [1.29, 1.82) is 0 Å². The summed E-state index contributed by atoms with van der Waals surface area (Å²) in [6.45, 7) is 7.73. The molecule has 0 saturated heterocycles. The number of rotatable bonds is 5. The topological polar surface area (TPSA) is 60.9 Å². The third-order valence-corrected chi connectivity index (χ3v) is 3.20. The van der Waals surface area contributed by atoms with E-state index in [4.69, 9.17) is 14.2 Å². The maximum absolute atomic E-state index is 12.3. The van der Waals surface area contributed by atoms with Gasteiger partial charge in [0.2, 0.25) is 5.75 Å². The van der Waals surface area contributed by atoms with E-state index in [1.807, 2.05) is 27.7 Å². The highest BCUT2D eigenvalue weighted by Crippen LogP contribution is 2.37. The number of amides is 1. The van der Waals surface area contributed by atoms with E-state index < -0.39 is 6.09 Å². The van der Waals surface area contributed by atoms with Gasteiger partial charge in [0, 0.05) is 18.2 Å². The fraction of sp³-hybridized carbons (Fsp3) is 0.571. The lowest BCUT2D eigenvalue weighted by molar-refractivity contribution is 0.121. The summed E-state index contributed by atoms with van der Waals surface area (Å²) in [5.74, 6) is 0.782. The molecule has 0 bridgehead atoms. The number of carbonyl (C=O) groups is 1. The highest BCUT2D eigenvalue weighted by molar-refractivity contribution is 9.10. The van der Waals surface area contributed by atoms with Gasteiger partial charge in [0.25, 0.3) is 5.88 Å². The molecule has 1 heterocycles. The molecule has 21 heavy (non-hydrogen) atoms. The van der Waals surface area contributed by atoms with Gasteiger partial charge in [-0.3, -0.25) is 0 Å². The minimum absolute atomic E-state index is 0.0238. The van der Waals surface area contributed by atoms with Crippen molar-refractivity contribution in [3.63, 3.8) is 0 Å². The number of nitrogens with zero attached hydrogens (tertiary/aromatic N) is 2. The first-order chi connectivity index (χ1) is 9.81. The summed E-state index contributed by atoms with van der Waals surface area (Å²) in [6, 6.07) is 1.62. The molecule has 7 heteroatoms. The van der Waals surface area contributed by atoms with Gasteiger partial charge in [0.15, 0.2) is 5.75 Å². The zero-order valence-corrected chi connectivity index (χ0v) is 14.7. The van der Waals surface area contributed by atoms with Crippen molar-refractivity contribution in [2.75, 3.05) is 14.2 Å². The summed E-state index contributed by atoms with van der Waals surface area (Å²) in [4.78, 5) is 18.1. The quantitative estimate of drug-likeness (QED) is 0.752. The van der Waals surface area contributed by atoms with Crippen LogP contribution in [0.15, 0.2) is 10.7 Å². The Bertz CT molecular complexity index is 498. The van der Waals surface area contributed by atoms with Crippen molar-refractivity contribution in [3.8, 4) is 17.4 Å². The van der Waals surface area contributed by atoms with Crippen LogP contribution in [-0.2, 0) is 0 Å². The third kappa shape index (κ3) is 4.23. The van der Waals surface area contributed by atoms with Crippen LogP contribution in [-0.4, -0.2) is 42.3 Å². The van der Waals surface area contributed by atoms with E-state index in [0.717, 1.165) is 0 Å². The molecule has 0 aliphatic heterocycles. The molecule has 118 valence electrons. The molecule has 0 radical (unpaired) electrons. The lowest BCUT2D eigenvalue weighted by Crippen LogP contribution is -2.43. The van der Waals surface area contributed by atoms with Crippen molar-refractivity contribution >= 4 is 22.0 Å². The summed E-state index contributed by atoms with van der Waals surface area (Å²) in [6.07, 6.45) is -0.446. The average Bonchev–Trinajstić information content (AvgIpc) is 2.36. The van der Waals surface area contributed by atoms with Gasteiger partial charge in [-0.1, -0.05) is 0 Å². The third-order valence-electron chi connectivity index (χ3n) is 2.79. The minimum Gasteiger partial charge on any atom is -0.489 e. The van der Waals surface area contributed by atoms with Gasteiger partial charge in [-0.15, -0.1) is 0 Å². The van der Waals surface area contributed by atoms with Crippen LogP contribution in [0.1, 0.15) is 27.7 Å². The average molecular weight is 361 g/mol. The molecule has 0 unspecified atom stereocenters. The second-order valence-corrected chi connectivity index (χ2v) is 5.76. The predicted octanol–water partition coefficient (Wildman–Crippen LogP) is 3.48. The Morgan fingerprint density at radius 1 is 1.19 bits per heavy atom. The summed E-state index contributed by atoms with van der Waals surface area (Å²) in [5, 5.41) is 0. The zero-order valence-electron chi connectivity index (χ0n) is 13.1. The Morgan fingerprint density at radius 2 is 1.76 bits per heavy atom. The lowest BCUT2D eigenvalue weighted by atomic mass is 10.2. The largest absolute Gasteiger partial charge is 0.489 e. The number of methoxy groups -OCH3 is 2. The molecule has 6 nitrogen and oxygen atoms in total. The van der Waals surface area contributed by atoms with Crippen molar-refractivity contribution < 1.29 is 19.0 Å². The van der Waals surface area contributed by atoms with Gasteiger partial charge >= 0.3 is 6.09 Å². The van der Waals surface area contributed by atoms with E-state index in [1.54, 1.807) is 11.0 Å². The maximum atomic E-state index is 12.3. The van der Waals surface area contributed by atoms with E-state index in [1.165, 1.54) is 14.2 Å². The van der Waals surface area contributed by atoms with Gasteiger partial charge in [0.1, 0.15) is 4.60 Å². The van der Waals surface area contributed by atoms with Crippen LogP contribution >= 0.6 is 15.9 Å². The van der Waals surface area contributed by atoms with Crippen LogP contribution in [0.2, 0.25) is 0 Å². The second kappa shape index (κ2) is 7.49. The van der Waals surface area contributed by atoms with E-state index in [-0.39, 0.29) is 29.5 Å². The van der Waals surface area contributed by atoms with Gasteiger partial charge in [-0.2, -0.15) is 0 Å². The maximum Gasteiger partial charge on any atom is 0.415 e. The van der Waals surface area contributed by atoms with E-state index >= 15 is 0 Å². The van der Waals surface area contributed by atoms with E-state index in [9.17, 15) is 4.79 Å². The molecule has 0 aliphatic carbocycles. The molecule has 0 fully saturated rings. The normalized spacial score (nSPS) is 10.7. The molecular weight excluding hydrogens is 340 g/mol. The number of hydrogen-bond acceptors (Lipinski definition) is 5. The second-order valence-electron chi connectivity index (χ2n) is 4.95. The standard InChI is InChI=1S/C14H21BrN2O4/c1-8(2)17(9(3)4)14(18)21-10-7-11(15)16-13(20-6)12(10)19-5/h7-9H,1-6H3. The molecule has 1 aromatic rings. The highest BCUT2D eigenvalue weighted by Gasteiger charge is 2.25. The van der Waals surface area contributed by atoms with Crippen LogP contribution in [0, 0.1) is 0 Å². The number of carbonyl (C=O) groups excluding carboxylic acids is 1. The molecule has 1 rings (SSSR count). The predicted molar refractivity (Wildman–Crippen MR) is 83.2 cm³/mol. The Hall–Kier alpha value is -1.50. The van der Waals surface area contributed by atoms with Crippen molar-refractivity contribution in [1.82, 2.24) is 9.88 Å². The lowest BCUT2D eigenvalue weighted by Gasteiger charge is -2.29. The van der Waals surface area contributed by atoms with Crippen LogP contribution in [0.3, 0.4) is 0 Å². The molecule has 1 amide bonds. The first-order valence-corrected chi connectivity index (χ1v) is 7.39. The van der Waals surface area contributed by atoms with Crippen LogP contribution < -0.4 is 14.2 Å². The van der Waals surface area contributed by atoms with Crippen molar-refractivity contribution in [3.05, 3.63) is 10.7 Å². The van der Waals surface area contributed by atoms with Gasteiger partial charge < -0.3 is 19.1 Å². The van der Waals surface area contributed by atoms with Crippen LogP contribution in [0.5, 0.6) is 17.4 Å². The SMILES string of the molecule is COc1nc(Br)cc(OC(=O)N(C(C)C)C(C)C)c1OC. The summed E-state index contributed by atoms with van der Waals surface area (Å²) in [5.41, 5.74) is 0. The Labute approximate surface area is 133 Å². The molecule has 0 N–H and O–H groups in total. The monoisotopic (exact) mass is 360 g/mol. The first-order valence-electron chi connectivity index (χ1n) is 6.60. The molecule has 0 atom stereocenters. The Balaban J connectivity index is 3.12. The minimum atomic E-state index is -0.446. The van der Waals surface area contributed by atoms with Crippen molar-refractivity contribution in [2.24, 2.45) is 0 Å². The zero-order chi connectivity index (χ0) is 16.2. The Kier molecular flexibility index (Phi) is 6.26.